The van der Waals surface area contributed by atoms with Crippen molar-refractivity contribution in [1.29, 1.82) is 0 Å². The van der Waals surface area contributed by atoms with Crippen LogP contribution in [-0.4, -0.2) is 56.4 Å². The monoisotopic (exact) mass is 202 g/mol. The number of amides is 1. The molecule has 1 atom stereocenters. The van der Waals surface area contributed by atoms with Gasteiger partial charge in [-0.2, -0.15) is 0 Å². The molecule has 0 aliphatic carbocycles. The first-order chi connectivity index (χ1) is 6.79. The Bertz CT molecular complexity index is 174. The van der Waals surface area contributed by atoms with Crippen LogP contribution >= 0.6 is 0 Å². The fraction of sp³-hybridized carbons (Fsp3) is 0.889. The fourth-order valence-corrected chi connectivity index (χ4v) is 1.41. The largest absolute Gasteiger partial charge is 0.376 e. The summed E-state index contributed by atoms with van der Waals surface area (Å²) in [7, 11) is 0. The van der Waals surface area contributed by atoms with Gasteiger partial charge in [-0.25, -0.2) is 0 Å². The van der Waals surface area contributed by atoms with E-state index < -0.39 is 6.10 Å². The van der Waals surface area contributed by atoms with Gasteiger partial charge < -0.3 is 20.1 Å². The average molecular weight is 202 g/mol. The minimum Gasteiger partial charge on any atom is -0.376 e. The molecule has 0 bridgehead atoms. The number of ether oxygens (including phenoxy) is 2. The van der Waals surface area contributed by atoms with Gasteiger partial charge >= 0.3 is 0 Å². The van der Waals surface area contributed by atoms with Crippen molar-refractivity contribution in [2.45, 2.75) is 13.0 Å². The summed E-state index contributed by atoms with van der Waals surface area (Å²) in [5.41, 5.74) is 5.41. The number of hydrogen-bond donors (Lipinski definition) is 1. The molecule has 14 heavy (non-hydrogen) atoms. The molecule has 1 fully saturated rings. The number of nitrogens with zero attached hydrogens (tertiary/aromatic N) is 1. The molecule has 1 heterocycles. The third-order valence-electron chi connectivity index (χ3n) is 2.18. The number of nitrogens with two attached hydrogens (primary N) is 1. The Hall–Kier alpha value is -0.650. The molecule has 2 N–H and O–H groups in total. The number of hydrogen-bond acceptors (Lipinski definition) is 4. The van der Waals surface area contributed by atoms with E-state index in [0.29, 0.717) is 39.5 Å². The van der Waals surface area contributed by atoms with Gasteiger partial charge in [-0.1, -0.05) is 0 Å². The highest BCUT2D eigenvalue weighted by Crippen LogP contribution is 2.04. The summed E-state index contributed by atoms with van der Waals surface area (Å²) < 4.78 is 10.5. The lowest BCUT2D eigenvalue weighted by atomic mass is 10.3. The number of likely N-dealkylation sites (N-methyl/N-ethyl adjacent to an activating group) is 1. The van der Waals surface area contributed by atoms with Crippen LogP contribution in [0.25, 0.3) is 0 Å². The maximum Gasteiger partial charge on any atom is 0.254 e. The average Bonchev–Trinajstić information content (AvgIpc) is 2.26. The Morgan fingerprint density at radius 1 is 1.57 bits per heavy atom. The molecule has 1 aliphatic rings. The maximum absolute atomic E-state index is 11.8. The number of rotatable bonds is 4. The van der Waals surface area contributed by atoms with Crippen molar-refractivity contribution < 1.29 is 14.3 Å². The van der Waals surface area contributed by atoms with E-state index in [4.69, 9.17) is 15.2 Å². The minimum atomic E-state index is -0.435. The van der Waals surface area contributed by atoms with Crippen LogP contribution in [0, 0.1) is 0 Å². The lowest BCUT2D eigenvalue weighted by Gasteiger charge is -2.28. The molecule has 5 heteroatoms. The van der Waals surface area contributed by atoms with E-state index in [9.17, 15) is 4.79 Å². The Kier molecular flexibility index (Phi) is 4.86. The van der Waals surface area contributed by atoms with Crippen molar-refractivity contribution in [1.82, 2.24) is 4.90 Å². The molecule has 0 aromatic heterocycles. The molecule has 1 aliphatic heterocycles. The van der Waals surface area contributed by atoms with Gasteiger partial charge in [0, 0.05) is 19.6 Å². The van der Waals surface area contributed by atoms with Gasteiger partial charge in [-0.3, -0.25) is 4.79 Å². The van der Waals surface area contributed by atoms with Crippen LogP contribution in [0.1, 0.15) is 6.92 Å². The lowest BCUT2D eigenvalue weighted by molar-refractivity contribution is -0.157. The molecule has 1 rings (SSSR count). The predicted molar refractivity (Wildman–Crippen MR) is 51.9 cm³/mol. The van der Waals surface area contributed by atoms with Crippen LogP contribution in [0.15, 0.2) is 0 Å². The highest BCUT2D eigenvalue weighted by molar-refractivity contribution is 5.81. The number of carbonyl (C=O) groups is 1. The summed E-state index contributed by atoms with van der Waals surface area (Å²) >= 11 is 0. The molecule has 0 aromatic carbocycles. The highest BCUT2D eigenvalue weighted by Gasteiger charge is 2.26. The van der Waals surface area contributed by atoms with Gasteiger partial charge in [0.05, 0.1) is 19.8 Å². The SMILES string of the molecule is CCN(CCN)C(=O)C1COCCO1. The molecule has 0 saturated carbocycles. The zero-order valence-corrected chi connectivity index (χ0v) is 8.57. The van der Waals surface area contributed by atoms with Crippen LogP contribution in [0.2, 0.25) is 0 Å². The number of carbonyl (C=O) groups excluding carboxylic acids is 1. The summed E-state index contributed by atoms with van der Waals surface area (Å²) in [6.07, 6.45) is -0.435. The van der Waals surface area contributed by atoms with Gasteiger partial charge in [-0.15, -0.1) is 0 Å². The summed E-state index contributed by atoms with van der Waals surface area (Å²) in [5.74, 6) is -0.0161. The normalized spacial score (nSPS) is 22.0. The van der Waals surface area contributed by atoms with E-state index in [-0.39, 0.29) is 5.91 Å². The van der Waals surface area contributed by atoms with Crippen LogP contribution in [0.4, 0.5) is 0 Å². The van der Waals surface area contributed by atoms with Gasteiger partial charge in [0.15, 0.2) is 6.10 Å². The first-order valence-corrected chi connectivity index (χ1v) is 4.97. The fourth-order valence-electron chi connectivity index (χ4n) is 1.41. The predicted octanol–water partition coefficient (Wildman–Crippen LogP) is -0.791. The maximum atomic E-state index is 11.8. The molecule has 1 amide bonds. The van der Waals surface area contributed by atoms with Crippen LogP contribution in [0.3, 0.4) is 0 Å². The summed E-state index contributed by atoms with van der Waals surface area (Å²) in [6.45, 7) is 5.08. The van der Waals surface area contributed by atoms with Crippen molar-refractivity contribution in [3.05, 3.63) is 0 Å². The third kappa shape index (κ3) is 2.94. The first-order valence-electron chi connectivity index (χ1n) is 4.97. The quantitative estimate of drug-likeness (QED) is 0.649. The molecular weight excluding hydrogens is 184 g/mol. The Morgan fingerprint density at radius 3 is 2.86 bits per heavy atom. The molecule has 1 unspecified atom stereocenters. The zero-order chi connectivity index (χ0) is 10.4. The second-order valence-corrected chi connectivity index (χ2v) is 3.14. The smallest absolute Gasteiger partial charge is 0.254 e. The highest BCUT2D eigenvalue weighted by atomic mass is 16.6. The summed E-state index contributed by atoms with van der Waals surface area (Å²) in [4.78, 5) is 13.5. The second-order valence-electron chi connectivity index (χ2n) is 3.14. The van der Waals surface area contributed by atoms with E-state index in [1.165, 1.54) is 0 Å². The van der Waals surface area contributed by atoms with Crippen molar-refractivity contribution >= 4 is 5.91 Å². The molecule has 1 saturated heterocycles. The molecule has 82 valence electrons. The van der Waals surface area contributed by atoms with Crippen molar-refractivity contribution in [2.24, 2.45) is 5.73 Å². The lowest BCUT2D eigenvalue weighted by Crippen LogP contribution is -2.46. The Morgan fingerprint density at radius 2 is 2.36 bits per heavy atom. The second kappa shape index (κ2) is 5.95. The molecular formula is C9H18N2O3. The van der Waals surface area contributed by atoms with Crippen LogP contribution < -0.4 is 5.73 Å². The van der Waals surface area contributed by atoms with E-state index in [1.54, 1.807) is 4.90 Å². The molecule has 0 aromatic rings. The molecule has 0 spiro atoms. The van der Waals surface area contributed by atoms with E-state index in [2.05, 4.69) is 0 Å². The summed E-state index contributed by atoms with van der Waals surface area (Å²) in [6, 6.07) is 0. The van der Waals surface area contributed by atoms with Crippen molar-refractivity contribution in [2.75, 3.05) is 39.5 Å². The van der Waals surface area contributed by atoms with E-state index in [0.717, 1.165) is 0 Å². The minimum absolute atomic E-state index is 0.0161. The van der Waals surface area contributed by atoms with Gasteiger partial charge in [0.1, 0.15) is 0 Å². The molecule has 5 nitrogen and oxygen atoms in total. The van der Waals surface area contributed by atoms with Gasteiger partial charge in [-0.05, 0) is 6.92 Å². The Labute approximate surface area is 84.1 Å². The van der Waals surface area contributed by atoms with Crippen LogP contribution in [-0.2, 0) is 14.3 Å². The van der Waals surface area contributed by atoms with E-state index in [1.807, 2.05) is 6.92 Å². The third-order valence-corrected chi connectivity index (χ3v) is 2.18. The Balaban J connectivity index is 2.43. The topological polar surface area (TPSA) is 64.8 Å². The van der Waals surface area contributed by atoms with Crippen molar-refractivity contribution in [3.8, 4) is 0 Å². The zero-order valence-electron chi connectivity index (χ0n) is 8.57. The first kappa shape index (κ1) is 11.4. The van der Waals surface area contributed by atoms with Gasteiger partial charge in [0.25, 0.3) is 5.91 Å². The van der Waals surface area contributed by atoms with Crippen LogP contribution in [0.5, 0.6) is 0 Å². The molecule has 0 radical (unpaired) electrons. The standard InChI is InChI=1S/C9H18N2O3/c1-2-11(4-3-10)9(12)8-7-13-5-6-14-8/h8H,2-7,10H2,1H3. The summed E-state index contributed by atoms with van der Waals surface area (Å²) in [5, 5.41) is 0. The van der Waals surface area contributed by atoms with Crippen molar-refractivity contribution in [3.63, 3.8) is 0 Å². The van der Waals surface area contributed by atoms with E-state index >= 15 is 0 Å². The van der Waals surface area contributed by atoms with Gasteiger partial charge in [0.2, 0.25) is 0 Å².